The average molecular weight is 524 g/mol. The van der Waals surface area contributed by atoms with E-state index in [-0.39, 0.29) is 28.8 Å². The summed E-state index contributed by atoms with van der Waals surface area (Å²) in [5.41, 5.74) is 0.813. The van der Waals surface area contributed by atoms with Crippen LogP contribution in [0.3, 0.4) is 0 Å². The molecule has 1 fully saturated rings. The first-order chi connectivity index (χ1) is 18.9. The van der Waals surface area contributed by atoms with Crippen LogP contribution in [0.5, 0.6) is 11.5 Å². The lowest BCUT2D eigenvalue weighted by Gasteiger charge is -2.11. The molecule has 6 rings (SSSR count). The minimum Gasteiger partial charge on any atom is -0.453 e. The summed E-state index contributed by atoms with van der Waals surface area (Å²) in [6, 6.07) is 19.3. The van der Waals surface area contributed by atoms with Gasteiger partial charge in [0.15, 0.2) is 17.4 Å². The molecule has 2 aromatic carbocycles. The van der Waals surface area contributed by atoms with E-state index >= 15 is 0 Å². The number of nitrogens with zero attached hydrogens (tertiary/aromatic N) is 3. The molecule has 0 aliphatic heterocycles. The normalized spacial score (nSPS) is 12.7. The van der Waals surface area contributed by atoms with Gasteiger partial charge in [-0.05, 0) is 61.4 Å². The number of anilines is 2. The molecule has 0 radical (unpaired) electrons. The molecule has 3 heterocycles. The highest BCUT2D eigenvalue weighted by molar-refractivity contribution is 6.04. The van der Waals surface area contributed by atoms with Crippen LogP contribution in [-0.2, 0) is 4.79 Å². The third-order valence-electron chi connectivity index (χ3n) is 6.27. The van der Waals surface area contributed by atoms with Crippen molar-refractivity contribution in [3.8, 4) is 17.2 Å². The summed E-state index contributed by atoms with van der Waals surface area (Å²) in [6.45, 7) is 0. The molecule has 10 heteroatoms. The second-order valence-corrected chi connectivity index (χ2v) is 9.15. The molecule has 0 atom stereocenters. The molecule has 194 valence electrons. The van der Waals surface area contributed by atoms with E-state index in [1.807, 2.05) is 6.07 Å². The number of nitrogens with one attached hydrogen (secondary N) is 2. The lowest BCUT2D eigenvalue weighted by Crippen LogP contribution is -2.27. The summed E-state index contributed by atoms with van der Waals surface area (Å²) >= 11 is 0. The fourth-order valence-corrected chi connectivity index (χ4v) is 4.11. The number of hydrogen-bond acceptors (Lipinski definition) is 5. The highest BCUT2D eigenvalue weighted by Gasteiger charge is 2.30. The highest BCUT2D eigenvalue weighted by atomic mass is 19.1. The third kappa shape index (κ3) is 5.12. The molecular weight excluding hydrogens is 501 g/mol. The quantitative estimate of drug-likeness (QED) is 0.312. The predicted octanol–water partition coefficient (Wildman–Crippen LogP) is 5.02. The van der Waals surface area contributed by atoms with Gasteiger partial charge in [0, 0.05) is 29.6 Å². The average Bonchev–Trinajstić information content (AvgIpc) is 3.71. The Morgan fingerprint density at radius 1 is 0.949 bits per heavy atom. The van der Waals surface area contributed by atoms with Crippen LogP contribution in [0.15, 0.2) is 96.2 Å². The Morgan fingerprint density at radius 3 is 2.54 bits per heavy atom. The van der Waals surface area contributed by atoms with Gasteiger partial charge < -0.3 is 19.8 Å². The van der Waals surface area contributed by atoms with Crippen molar-refractivity contribution in [2.24, 2.45) is 5.92 Å². The first kappa shape index (κ1) is 24.1. The van der Waals surface area contributed by atoms with Gasteiger partial charge in [-0.2, -0.15) is 0 Å². The molecule has 1 aliphatic rings. The fourth-order valence-electron chi connectivity index (χ4n) is 4.11. The lowest BCUT2D eigenvalue weighted by atomic mass is 10.2. The molecule has 0 bridgehead atoms. The number of carbonyl (C=O) groups is 2. The summed E-state index contributed by atoms with van der Waals surface area (Å²) in [6.07, 6.45) is 6.65. The molecule has 3 aromatic heterocycles. The van der Waals surface area contributed by atoms with Crippen LogP contribution in [0.4, 0.5) is 15.9 Å². The van der Waals surface area contributed by atoms with Crippen molar-refractivity contribution in [3.63, 3.8) is 0 Å². The number of benzene rings is 2. The van der Waals surface area contributed by atoms with Gasteiger partial charge in [0.25, 0.3) is 11.5 Å². The first-order valence-electron chi connectivity index (χ1n) is 12.3. The van der Waals surface area contributed by atoms with Crippen molar-refractivity contribution in [3.05, 3.63) is 113 Å². The number of ether oxygens (including phenoxy) is 1. The largest absolute Gasteiger partial charge is 0.453 e. The van der Waals surface area contributed by atoms with E-state index < -0.39 is 17.3 Å². The molecular formula is C29H22FN5O4. The zero-order valence-electron chi connectivity index (χ0n) is 20.5. The summed E-state index contributed by atoms with van der Waals surface area (Å²) in [4.78, 5) is 42.1. The number of aromatic nitrogens is 3. The van der Waals surface area contributed by atoms with Crippen LogP contribution < -0.4 is 20.9 Å². The molecule has 5 aromatic rings. The lowest BCUT2D eigenvalue weighted by molar-refractivity contribution is -0.117. The minimum atomic E-state index is -0.703. The van der Waals surface area contributed by atoms with Crippen molar-refractivity contribution in [2.75, 3.05) is 10.6 Å². The van der Waals surface area contributed by atoms with E-state index in [0.717, 1.165) is 18.9 Å². The Morgan fingerprint density at radius 2 is 1.77 bits per heavy atom. The maximum atomic E-state index is 14.9. The van der Waals surface area contributed by atoms with Crippen molar-refractivity contribution in [2.45, 2.75) is 12.8 Å². The molecule has 2 N–H and O–H groups in total. The van der Waals surface area contributed by atoms with E-state index in [1.54, 1.807) is 65.5 Å². The van der Waals surface area contributed by atoms with Crippen molar-refractivity contribution in [1.82, 2.24) is 14.0 Å². The van der Waals surface area contributed by atoms with Gasteiger partial charge in [-0.3, -0.25) is 19.0 Å². The summed E-state index contributed by atoms with van der Waals surface area (Å²) in [7, 11) is 0. The zero-order valence-corrected chi connectivity index (χ0v) is 20.5. The van der Waals surface area contributed by atoms with Crippen LogP contribution in [0.2, 0.25) is 0 Å². The third-order valence-corrected chi connectivity index (χ3v) is 6.27. The maximum absolute atomic E-state index is 14.9. The number of para-hydroxylation sites is 1. The Labute approximate surface area is 221 Å². The van der Waals surface area contributed by atoms with E-state index in [9.17, 15) is 18.8 Å². The van der Waals surface area contributed by atoms with Gasteiger partial charge in [-0.25, -0.2) is 9.37 Å². The van der Waals surface area contributed by atoms with Gasteiger partial charge in [0.2, 0.25) is 5.91 Å². The van der Waals surface area contributed by atoms with Gasteiger partial charge >= 0.3 is 0 Å². The van der Waals surface area contributed by atoms with Crippen molar-refractivity contribution < 1.29 is 18.7 Å². The van der Waals surface area contributed by atoms with Gasteiger partial charge in [0.05, 0.1) is 12.4 Å². The number of amides is 2. The van der Waals surface area contributed by atoms with Crippen LogP contribution in [-0.4, -0.2) is 25.8 Å². The maximum Gasteiger partial charge on any atom is 0.267 e. The monoisotopic (exact) mass is 523 g/mol. The van der Waals surface area contributed by atoms with E-state index in [0.29, 0.717) is 22.9 Å². The molecule has 9 nitrogen and oxygen atoms in total. The van der Waals surface area contributed by atoms with Gasteiger partial charge in [-0.15, -0.1) is 0 Å². The number of carbonyl (C=O) groups excluding carboxylic acids is 2. The standard InChI is InChI=1S/C29H22FN5O4/c30-23-15-19(31-28(37)22-7-4-14-35(29(22)38)20-5-2-1-3-6-20)10-12-24(23)39-21-11-13-26-32-25(17-34(26)16-21)33-27(36)18-8-9-18/h1-7,10-18H,8-9H2,(H,31,37)(H,33,36). The number of imidazole rings is 1. The first-order valence-corrected chi connectivity index (χ1v) is 12.3. The smallest absolute Gasteiger partial charge is 0.267 e. The fraction of sp³-hybridized carbons (Fsp3) is 0.103. The summed E-state index contributed by atoms with van der Waals surface area (Å²) < 4.78 is 23.6. The molecule has 0 saturated heterocycles. The topological polar surface area (TPSA) is 107 Å². The zero-order chi connectivity index (χ0) is 26.9. The molecule has 0 unspecified atom stereocenters. The van der Waals surface area contributed by atoms with Crippen molar-refractivity contribution >= 4 is 29.0 Å². The number of hydrogen-bond donors (Lipinski definition) is 2. The van der Waals surface area contributed by atoms with Crippen LogP contribution in [0.25, 0.3) is 11.3 Å². The second-order valence-electron chi connectivity index (χ2n) is 9.15. The van der Waals surface area contributed by atoms with Crippen LogP contribution in [0, 0.1) is 11.7 Å². The number of fused-ring (bicyclic) bond motifs is 1. The van der Waals surface area contributed by atoms with E-state index in [1.165, 1.54) is 22.8 Å². The number of halogens is 1. The van der Waals surface area contributed by atoms with E-state index in [4.69, 9.17) is 4.74 Å². The SMILES string of the molecule is O=C(Nc1ccc(Oc2ccc3nc(NC(=O)C4CC4)cn3c2)c(F)c1)c1cccn(-c2ccccc2)c1=O. The number of pyridine rings is 2. The van der Waals surface area contributed by atoms with Crippen LogP contribution in [0.1, 0.15) is 23.2 Å². The molecule has 2 amide bonds. The summed E-state index contributed by atoms with van der Waals surface area (Å²) in [5.74, 6) is -0.617. The second kappa shape index (κ2) is 9.90. The predicted molar refractivity (Wildman–Crippen MR) is 143 cm³/mol. The molecule has 1 saturated carbocycles. The molecule has 1 aliphatic carbocycles. The molecule has 0 spiro atoms. The van der Waals surface area contributed by atoms with Crippen molar-refractivity contribution in [1.29, 1.82) is 0 Å². The van der Waals surface area contributed by atoms with Crippen LogP contribution >= 0.6 is 0 Å². The Hall–Kier alpha value is -5.25. The Bertz CT molecular complexity index is 1780. The Balaban J connectivity index is 1.16. The summed E-state index contributed by atoms with van der Waals surface area (Å²) in [5, 5.41) is 5.36. The number of rotatable bonds is 7. The Kier molecular flexibility index (Phi) is 6.12. The molecule has 39 heavy (non-hydrogen) atoms. The van der Waals surface area contributed by atoms with E-state index in [2.05, 4.69) is 15.6 Å². The van der Waals surface area contributed by atoms with Gasteiger partial charge in [0.1, 0.15) is 17.0 Å². The van der Waals surface area contributed by atoms with Gasteiger partial charge in [-0.1, -0.05) is 18.2 Å². The minimum absolute atomic E-state index is 0.0433. The highest BCUT2D eigenvalue weighted by Crippen LogP contribution is 2.31.